The fraction of sp³-hybridized carbons (Fsp3) is 0.727. The second-order valence-corrected chi connectivity index (χ2v) is 2.82. The van der Waals surface area contributed by atoms with Gasteiger partial charge in [0.05, 0.1) is 19.8 Å². The molecule has 0 saturated carbocycles. The minimum absolute atomic E-state index is 0. The van der Waals surface area contributed by atoms with Gasteiger partial charge in [-0.15, -0.1) is 6.42 Å². The molecular weight excluding hydrogens is 283 g/mol. The van der Waals surface area contributed by atoms with Crippen LogP contribution in [0.5, 0.6) is 0 Å². The predicted octanol–water partition coefficient (Wildman–Crippen LogP) is 1.22. The molecule has 1 N–H and O–H groups in total. The Morgan fingerprint density at radius 2 is 1.75 bits per heavy atom. The molecule has 0 aromatic heterocycles. The third-order valence-electron chi connectivity index (χ3n) is 1.52. The molecule has 16 heavy (non-hydrogen) atoms. The average Bonchev–Trinajstić information content (AvgIpc) is 2.21. The van der Waals surface area contributed by atoms with E-state index in [0.29, 0.717) is 26.4 Å². The van der Waals surface area contributed by atoms with Gasteiger partial charge in [0.1, 0.15) is 0 Å². The van der Waals surface area contributed by atoms with E-state index in [9.17, 15) is 4.79 Å². The van der Waals surface area contributed by atoms with Crippen LogP contribution in [0.3, 0.4) is 0 Å². The third-order valence-corrected chi connectivity index (χ3v) is 1.52. The van der Waals surface area contributed by atoms with Crippen molar-refractivity contribution in [3.05, 3.63) is 14.4 Å². The molecule has 0 unspecified atom stereocenters. The van der Waals surface area contributed by atoms with Crippen molar-refractivity contribution in [2.45, 2.75) is 19.8 Å². The van der Waals surface area contributed by atoms with E-state index in [1.54, 1.807) is 0 Å². The van der Waals surface area contributed by atoms with E-state index < -0.39 is 0 Å². The third kappa shape index (κ3) is 16.9. The normalized spacial score (nSPS) is 8.88. The molecule has 5 heteroatoms. The summed E-state index contributed by atoms with van der Waals surface area (Å²) in [4.78, 5) is 10.7. The van der Waals surface area contributed by atoms with Crippen molar-refractivity contribution >= 4 is 5.91 Å². The van der Waals surface area contributed by atoms with E-state index in [2.05, 4.69) is 19.2 Å². The van der Waals surface area contributed by atoms with E-state index in [1.165, 1.54) is 0 Å². The van der Waals surface area contributed by atoms with Gasteiger partial charge < -0.3 is 29.1 Å². The van der Waals surface area contributed by atoms with Gasteiger partial charge in [-0.2, -0.15) is 0 Å². The molecule has 0 aromatic rings. The fourth-order valence-corrected chi connectivity index (χ4v) is 0.817. The van der Waals surface area contributed by atoms with Crippen LogP contribution >= 0.6 is 0 Å². The van der Waals surface area contributed by atoms with Gasteiger partial charge in [-0.3, -0.25) is 4.79 Å². The van der Waals surface area contributed by atoms with Crippen molar-refractivity contribution in [2.75, 3.05) is 33.0 Å². The Hall–Kier alpha value is 0.494. The first kappa shape index (κ1) is 21.7. The Balaban J connectivity index is -0.000000845. The van der Waals surface area contributed by atoms with Crippen LogP contribution in [0.4, 0.5) is 0 Å². The molecule has 0 aliphatic rings. The van der Waals surface area contributed by atoms with Crippen molar-refractivity contribution in [3.63, 3.8) is 0 Å². The number of carbonyl (C=O) groups is 1. The van der Waals surface area contributed by atoms with Crippen molar-refractivity contribution in [3.8, 4) is 0 Å². The van der Waals surface area contributed by atoms with Crippen LogP contribution in [0.25, 0.3) is 0 Å². The van der Waals surface area contributed by atoms with Crippen LogP contribution in [-0.4, -0.2) is 38.9 Å². The Kier molecular flexibility index (Phi) is 24.3. The Morgan fingerprint density at radius 3 is 2.25 bits per heavy atom. The number of carbonyl (C=O) groups excluding carboxylic acids is 1. The zero-order chi connectivity index (χ0) is 10.6. The molecule has 0 bridgehead atoms. The summed E-state index contributed by atoms with van der Waals surface area (Å²) >= 11 is 0. The summed E-state index contributed by atoms with van der Waals surface area (Å²) in [5, 5.41) is 2.67. The van der Waals surface area contributed by atoms with Crippen molar-refractivity contribution < 1.29 is 47.0 Å². The number of nitrogens with one attached hydrogen (secondary N) is 1. The maximum atomic E-state index is 10.7. The SMILES string of the molecule is [CH2-]CC(=O)NCCOCCOCCC.[CH3-].[Y]. The molecule has 0 saturated heterocycles. The maximum Gasteiger partial charge on any atom is 0.190 e. The van der Waals surface area contributed by atoms with Crippen LogP contribution < -0.4 is 5.32 Å². The molecule has 0 heterocycles. The second kappa shape index (κ2) is 17.9. The van der Waals surface area contributed by atoms with E-state index in [0.717, 1.165) is 13.0 Å². The van der Waals surface area contributed by atoms with Crippen molar-refractivity contribution in [2.24, 2.45) is 0 Å². The zero-order valence-electron chi connectivity index (χ0n) is 10.5. The molecule has 4 nitrogen and oxygen atoms in total. The van der Waals surface area contributed by atoms with Gasteiger partial charge in [0.25, 0.3) is 0 Å². The zero-order valence-corrected chi connectivity index (χ0v) is 13.3. The maximum absolute atomic E-state index is 10.7. The van der Waals surface area contributed by atoms with Crippen LogP contribution in [0, 0.1) is 14.4 Å². The smallest absolute Gasteiger partial charge is 0.190 e. The summed E-state index contributed by atoms with van der Waals surface area (Å²) in [6.07, 6.45) is 1.30. The van der Waals surface area contributed by atoms with E-state index in [4.69, 9.17) is 9.47 Å². The molecule has 0 aliphatic heterocycles. The van der Waals surface area contributed by atoms with E-state index in [1.807, 2.05) is 0 Å². The first-order valence-electron chi connectivity index (χ1n) is 5.02. The van der Waals surface area contributed by atoms with Gasteiger partial charge in [0.15, 0.2) is 5.91 Å². The minimum atomic E-state index is -0.0455. The number of ether oxygens (including phenoxy) is 2. The Bertz CT molecular complexity index is 145. The topological polar surface area (TPSA) is 47.6 Å². The van der Waals surface area contributed by atoms with Gasteiger partial charge in [-0.25, -0.2) is 0 Å². The molecule has 1 radical (unpaired) electrons. The first-order chi connectivity index (χ1) is 6.81. The summed E-state index contributed by atoms with van der Waals surface area (Å²) in [6.45, 7) is 8.58. The number of rotatable bonds is 9. The Morgan fingerprint density at radius 1 is 1.19 bits per heavy atom. The minimum Gasteiger partial charge on any atom is -0.379 e. The number of hydrogen-bond donors (Lipinski definition) is 1. The summed E-state index contributed by atoms with van der Waals surface area (Å²) in [7, 11) is 0. The summed E-state index contributed by atoms with van der Waals surface area (Å²) in [5.41, 5.74) is 0. The summed E-state index contributed by atoms with van der Waals surface area (Å²) < 4.78 is 10.4. The van der Waals surface area contributed by atoms with Crippen molar-refractivity contribution in [1.29, 1.82) is 0 Å². The standard InChI is InChI=1S/C10H20NO3.CH3.Y/c1-3-6-13-8-9-14-7-5-11-10(12)4-2;;/h2-9H2,1H3,(H,11,12);1H3;/q2*-1;. The summed E-state index contributed by atoms with van der Waals surface area (Å²) in [5.74, 6) is -0.0455. The molecule has 95 valence electrons. The van der Waals surface area contributed by atoms with E-state index >= 15 is 0 Å². The monoisotopic (exact) mass is 306 g/mol. The fourth-order valence-electron chi connectivity index (χ4n) is 0.817. The van der Waals surface area contributed by atoms with E-state index in [-0.39, 0.29) is 52.5 Å². The number of amides is 1. The quantitative estimate of drug-likeness (QED) is 0.515. The van der Waals surface area contributed by atoms with Gasteiger partial charge in [-0.1, -0.05) is 6.92 Å². The number of hydrogen-bond acceptors (Lipinski definition) is 3. The molecule has 0 atom stereocenters. The molecule has 0 fully saturated rings. The second-order valence-electron chi connectivity index (χ2n) is 2.82. The van der Waals surface area contributed by atoms with Crippen molar-refractivity contribution in [1.82, 2.24) is 5.32 Å². The molecule has 0 aromatic carbocycles. The molecule has 0 rings (SSSR count). The molecule has 0 aliphatic carbocycles. The molecular formula is C11H23NO3Y-2. The average molecular weight is 306 g/mol. The largest absolute Gasteiger partial charge is 0.379 e. The summed E-state index contributed by atoms with van der Waals surface area (Å²) in [6, 6.07) is 0. The predicted molar refractivity (Wildman–Crippen MR) is 61.3 cm³/mol. The molecule has 0 spiro atoms. The van der Waals surface area contributed by atoms with Crippen LogP contribution in [-0.2, 0) is 47.0 Å². The van der Waals surface area contributed by atoms with Crippen LogP contribution in [0.15, 0.2) is 0 Å². The van der Waals surface area contributed by atoms with Gasteiger partial charge in [-0.05, 0) is 6.42 Å². The van der Waals surface area contributed by atoms with Gasteiger partial charge in [0.2, 0.25) is 0 Å². The molecule has 1 amide bonds. The first-order valence-corrected chi connectivity index (χ1v) is 5.02. The van der Waals surface area contributed by atoms with Crippen LogP contribution in [0.2, 0.25) is 0 Å². The van der Waals surface area contributed by atoms with Crippen LogP contribution in [0.1, 0.15) is 19.8 Å². The van der Waals surface area contributed by atoms with Gasteiger partial charge in [0, 0.05) is 45.9 Å². The van der Waals surface area contributed by atoms with Gasteiger partial charge >= 0.3 is 0 Å². The Labute approximate surface area is 125 Å².